The summed E-state index contributed by atoms with van der Waals surface area (Å²) in [5, 5.41) is 0. The molecule has 3 nitrogen and oxygen atoms in total. The Balaban J connectivity index is 2.94. The minimum Gasteiger partial charge on any atom is -0.395 e. The van der Waals surface area contributed by atoms with Crippen molar-refractivity contribution in [1.82, 2.24) is 9.38 Å². The number of fused-ring (bicyclic) bond motifs is 1. The molecule has 13 heavy (non-hydrogen) atoms. The molecule has 0 unspecified atom stereocenters. The summed E-state index contributed by atoms with van der Waals surface area (Å²) >= 11 is 3.37. The molecule has 68 valence electrons. The zero-order valence-corrected chi connectivity index (χ0v) is 9.09. The summed E-state index contributed by atoms with van der Waals surface area (Å²) < 4.78 is 2.89. The first kappa shape index (κ1) is 8.56. The molecule has 0 fully saturated rings. The van der Waals surface area contributed by atoms with E-state index >= 15 is 0 Å². The first-order valence-corrected chi connectivity index (χ1v) is 4.80. The van der Waals surface area contributed by atoms with Crippen molar-refractivity contribution >= 4 is 27.3 Å². The lowest BCUT2D eigenvalue weighted by atomic mass is 10.4. The number of nitrogen functional groups attached to an aromatic ring is 1. The Labute approximate surface area is 84.7 Å². The molecule has 0 saturated heterocycles. The normalized spacial score (nSPS) is 11.0. The lowest BCUT2D eigenvalue weighted by molar-refractivity contribution is 1.09. The molecule has 2 aromatic heterocycles. The number of halogens is 1. The quantitative estimate of drug-likeness (QED) is 0.767. The van der Waals surface area contributed by atoms with Gasteiger partial charge in [0, 0.05) is 16.4 Å². The first-order chi connectivity index (χ1) is 6.11. The predicted octanol–water partition coefficient (Wildman–Crippen LogP) is 2.30. The minimum atomic E-state index is 0.693. The number of aromatic nitrogens is 2. The molecule has 0 bridgehead atoms. The second kappa shape index (κ2) is 2.73. The third-order valence-electron chi connectivity index (χ3n) is 2.25. The fraction of sp³-hybridized carbons (Fsp3) is 0.222. The Kier molecular flexibility index (Phi) is 1.80. The van der Waals surface area contributed by atoms with Gasteiger partial charge in [-0.2, -0.15) is 0 Å². The van der Waals surface area contributed by atoms with Crippen LogP contribution in [0.15, 0.2) is 16.7 Å². The zero-order chi connectivity index (χ0) is 9.59. The SMILES string of the molecule is Cc1nc2c(N)c(Br)ccn2c1C. The van der Waals surface area contributed by atoms with Gasteiger partial charge in [0.1, 0.15) is 0 Å². The molecule has 0 aromatic carbocycles. The Morgan fingerprint density at radius 1 is 1.46 bits per heavy atom. The smallest absolute Gasteiger partial charge is 0.161 e. The summed E-state index contributed by atoms with van der Waals surface area (Å²) in [5.41, 5.74) is 9.54. The van der Waals surface area contributed by atoms with E-state index in [1.54, 1.807) is 0 Å². The molecule has 0 saturated carbocycles. The number of anilines is 1. The minimum absolute atomic E-state index is 0.693. The highest BCUT2D eigenvalue weighted by molar-refractivity contribution is 9.10. The summed E-state index contributed by atoms with van der Waals surface area (Å²) in [6.07, 6.45) is 1.96. The number of rotatable bonds is 0. The Morgan fingerprint density at radius 3 is 2.85 bits per heavy atom. The molecule has 2 rings (SSSR count). The highest BCUT2D eigenvalue weighted by Gasteiger charge is 2.08. The molecule has 4 heteroatoms. The fourth-order valence-electron chi connectivity index (χ4n) is 1.34. The van der Waals surface area contributed by atoms with Crippen molar-refractivity contribution in [3.63, 3.8) is 0 Å². The van der Waals surface area contributed by atoms with Crippen LogP contribution < -0.4 is 5.73 Å². The molecule has 2 aromatic rings. The van der Waals surface area contributed by atoms with E-state index in [1.165, 1.54) is 0 Å². The fourth-order valence-corrected chi connectivity index (χ4v) is 1.63. The molecule has 0 radical (unpaired) electrons. The molecule has 0 aliphatic rings. The van der Waals surface area contributed by atoms with Gasteiger partial charge in [0.05, 0.1) is 11.4 Å². The van der Waals surface area contributed by atoms with Gasteiger partial charge in [-0.15, -0.1) is 0 Å². The van der Waals surface area contributed by atoms with Crippen molar-refractivity contribution in [3.8, 4) is 0 Å². The van der Waals surface area contributed by atoms with Gasteiger partial charge in [0.25, 0.3) is 0 Å². The Bertz CT molecular complexity index is 473. The maximum Gasteiger partial charge on any atom is 0.161 e. The number of hydrogen-bond donors (Lipinski definition) is 1. The predicted molar refractivity (Wildman–Crippen MR) is 56.8 cm³/mol. The average molecular weight is 240 g/mol. The van der Waals surface area contributed by atoms with Crippen LogP contribution in [-0.4, -0.2) is 9.38 Å². The van der Waals surface area contributed by atoms with E-state index < -0.39 is 0 Å². The van der Waals surface area contributed by atoms with Gasteiger partial charge in [0.2, 0.25) is 0 Å². The van der Waals surface area contributed by atoms with Gasteiger partial charge in [-0.05, 0) is 35.8 Å². The molecule has 0 aliphatic carbocycles. The van der Waals surface area contributed by atoms with Gasteiger partial charge in [-0.3, -0.25) is 0 Å². The topological polar surface area (TPSA) is 43.3 Å². The Morgan fingerprint density at radius 2 is 2.15 bits per heavy atom. The van der Waals surface area contributed by atoms with Crippen molar-refractivity contribution in [2.75, 3.05) is 5.73 Å². The molecule has 2 heterocycles. The highest BCUT2D eigenvalue weighted by Crippen LogP contribution is 2.24. The van der Waals surface area contributed by atoms with Crippen LogP contribution in [-0.2, 0) is 0 Å². The van der Waals surface area contributed by atoms with Gasteiger partial charge >= 0.3 is 0 Å². The number of nitrogens with zero attached hydrogens (tertiary/aromatic N) is 2. The molecular formula is C9H10BrN3. The van der Waals surface area contributed by atoms with Crippen LogP contribution in [0.25, 0.3) is 5.65 Å². The van der Waals surface area contributed by atoms with E-state index in [0.717, 1.165) is 21.5 Å². The van der Waals surface area contributed by atoms with Crippen LogP contribution in [0.4, 0.5) is 5.69 Å². The lowest BCUT2D eigenvalue weighted by Crippen LogP contribution is -1.94. The van der Waals surface area contributed by atoms with E-state index in [4.69, 9.17) is 5.73 Å². The van der Waals surface area contributed by atoms with Gasteiger partial charge in [-0.1, -0.05) is 0 Å². The summed E-state index contributed by atoms with van der Waals surface area (Å²) in [7, 11) is 0. The van der Waals surface area contributed by atoms with Gasteiger partial charge in [0.15, 0.2) is 5.65 Å². The number of hydrogen-bond acceptors (Lipinski definition) is 2. The lowest BCUT2D eigenvalue weighted by Gasteiger charge is -2.00. The van der Waals surface area contributed by atoms with Crippen LogP contribution in [0.1, 0.15) is 11.4 Å². The average Bonchev–Trinajstić information content (AvgIpc) is 2.38. The second-order valence-electron chi connectivity index (χ2n) is 3.05. The van der Waals surface area contributed by atoms with E-state index in [0.29, 0.717) is 5.69 Å². The molecule has 2 N–H and O–H groups in total. The van der Waals surface area contributed by atoms with Crippen LogP contribution in [0.3, 0.4) is 0 Å². The molecule has 0 amide bonds. The summed E-state index contributed by atoms with van der Waals surface area (Å²) in [4.78, 5) is 4.38. The largest absolute Gasteiger partial charge is 0.395 e. The maximum absolute atomic E-state index is 5.87. The summed E-state index contributed by atoms with van der Waals surface area (Å²) in [6.45, 7) is 4.01. The molecule has 0 aliphatic heterocycles. The van der Waals surface area contributed by atoms with E-state index in [9.17, 15) is 0 Å². The number of aryl methyl sites for hydroxylation is 2. The van der Waals surface area contributed by atoms with Crippen molar-refractivity contribution in [1.29, 1.82) is 0 Å². The van der Waals surface area contributed by atoms with Crippen molar-refractivity contribution in [3.05, 3.63) is 28.1 Å². The van der Waals surface area contributed by atoms with E-state index in [1.807, 2.05) is 30.5 Å². The number of nitrogens with two attached hydrogens (primary N) is 1. The molecular weight excluding hydrogens is 230 g/mol. The summed E-state index contributed by atoms with van der Waals surface area (Å²) in [6, 6.07) is 1.93. The maximum atomic E-state index is 5.87. The Hall–Kier alpha value is -1.03. The standard InChI is InChI=1S/C9H10BrN3/c1-5-6(2)13-4-3-7(10)8(11)9(13)12-5/h3-4H,11H2,1-2H3. The molecule has 0 atom stereocenters. The molecule has 0 spiro atoms. The third-order valence-corrected chi connectivity index (χ3v) is 2.95. The monoisotopic (exact) mass is 239 g/mol. The number of pyridine rings is 1. The highest BCUT2D eigenvalue weighted by atomic mass is 79.9. The zero-order valence-electron chi connectivity index (χ0n) is 7.50. The third kappa shape index (κ3) is 1.13. The van der Waals surface area contributed by atoms with Gasteiger partial charge < -0.3 is 10.1 Å². The van der Waals surface area contributed by atoms with Crippen LogP contribution in [0, 0.1) is 13.8 Å². The number of imidazole rings is 1. The van der Waals surface area contributed by atoms with Crippen molar-refractivity contribution < 1.29 is 0 Å². The van der Waals surface area contributed by atoms with Crippen molar-refractivity contribution in [2.24, 2.45) is 0 Å². The van der Waals surface area contributed by atoms with Gasteiger partial charge in [-0.25, -0.2) is 4.98 Å². The van der Waals surface area contributed by atoms with E-state index in [-0.39, 0.29) is 0 Å². The van der Waals surface area contributed by atoms with Crippen LogP contribution >= 0.6 is 15.9 Å². The van der Waals surface area contributed by atoms with Crippen LogP contribution in [0.2, 0.25) is 0 Å². The van der Waals surface area contributed by atoms with E-state index in [2.05, 4.69) is 20.9 Å². The second-order valence-corrected chi connectivity index (χ2v) is 3.91. The van der Waals surface area contributed by atoms with Crippen LogP contribution in [0.5, 0.6) is 0 Å². The van der Waals surface area contributed by atoms with Crippen molar-refractivity contribution in [2.45, 2.75) is 13.8 Å². The first-order valence-electron chi connectivity index (χ1n) is 4.00. The summed E-state index contributed by atoms with van der Waals surface area (Å²) in [5.74, 6) is 0.